The summed E-state index contributed by atoms with van der Waals surface area (Å²) >= 11 is 0. The van der Waals surface area contributed by atoms with Gasteiger partial charge in [0.05, 0.1) is 6.54 Å². The fourth-order valence-corrected chi connectivity index (χ4v) is 1.63. The lowest BCUT2D eigenvalue weighted by atomic mass is 10.2. The van der Waals surface area contributed by atoms with Crippen molar-refractivity contribution >= 4 is 18.5 Å². The number of carbonyl (C=O) groups excluding carboxylic acids is 1. The molecule has 5 heteroatoms. The number of rotatable bonds is 3. The zero-order valence-corrected chi connectivity index (χ0v) is 9.65. The lowest BCUT2D eigenvalue weighted by Crippen LogP contribution is -2.27. The summed E-state index contributed by atoms with van der Waals surface area (Å²) in [5.41, 5.74) is 6.55. The van der Waals surface area contributed by atoms with Crippen molar-refractivity contribution in [3.8, 4) is 0 Å². The van der Waals surface area contributed by atoms with Gasteiger partial charge in [0.2, 0.25) is 0 Å². The molecule has 1 aromatic carbocycles. The van der Waals surface area contributed by atoms with Gasteiger partial charge < -0.3 is 15.4 Å². The van der Waals surface area contributed by atoms with E-state index in [4.69, 9.17) is 10.5 Å². The topological polar surface area (TPSA) is 55.6 Å². The summed E-state index contributed by atoms with van der Waals surface area (Å²) in [7, 11) is 0. The maximum Gasteiger partial charge on any atom is 0.410 e. The molecule has 1 fully saturated rings. The minimum absolute atomic E-state index is 0. The molecule has 0 aliphatic carbocycles. The van der Waals surface area contributed by atoms with Crippen LogP contribution in [-0.2, 0) is 11.3 Å². The molecule has 1 unspecified atom stereocenters. The van der Waals surface area contributed by atoms with E-state index in [9.17, 15) is 4.79 Å². The molecule has 1 heterocycles. The lowest BCUT2D eigenvalue weighted by Gasteiger charge is -2.12. The SMILES string of the molecule is Cl.NCC1CN(Cc2ccccc2)C(=O)O1. The highest BCUT2D eigenvalue weighted by atomic mass is 35.5. The Labute approximate surface area is 101 Å². The van der Waals surface area contributed by atoms with Gasteiger partial charge in [-0.05, 0) is 5.56 Å². The van der Waals surface area contributed by atoms with Crippen LogP contribution in [0.25, 0.3) is 0 Å². The van der Waals surface area contributed by atoms with Crippen LogP contribution in [0.3, 0.4) is 0 Å². The summed E-state index contributed by atoms with van der Waals surface area (Å²) in [6.07, 6.45) is -0.421. The van der Waals surface area contributed by atoms with Crippen molar-refractivity contribution < 1.29 is 9.53 Å². The van der Waals surface area contributed by atoms with Crippen LogP contribution in [-0.4, -0.2) is 30.2 Å². The van der Waals surface area contributed by atoms with E-state index in [-0.39, 0.29) is 24.6 Å². The molecular formula is C11H15ClN2O2. The van der Waals surface area contributed by atoms with Crippen molar-refractivity contribution in [3.63, 3.8) is 0 Å². The monoisotopic (exact) mass is 242 g/mol. The lowest BCUT2D eigenvalue weighted by molar-refractivity contribution is 0.134. The third-order valence-electron chi connectivity index (χ3n) is 2.43. The number of carbonyl (C=O) groups is 1. The molecule has 1 atom stereocenters. The van der Waals surface area contributed by atoms with Gasteiger partial charge in [-0.3, -0.25) is 0 Å². The van der Waals surface area contributed by atoms with Gasteiger partial charge in [0.1, 0.15) is 6.10 Å². The van der Waals surface area contributed by atoms with Gasteiger partial charge >= 0.3 is 6.09 Å². The number of hydrogen-bond acceptors (Lipinski definition) is 3. The van der Waals surface area contributed by atoms with E-state index in [0.717, 1.165) is 5.56 Å². The van der Waals surface area contributed by atoms with Gasteiger partial charge in [-0.25, -0.2) is 4.79 Å². The first-order valence-electron chi connectivity index (χ1n) is 4.99. The smallest absolute Gasteiger partial charge is 0.410 e. The molecule has 1 amide bonds. The minimum atomic E-state index is -0.269. The summed E-state index contributed by atoms with van der Waals surface area (Å²) in [6.45, 7) is 1.57. The van der Waals surface area contributed by atoms with Gasteiger partial charge in [0.25, 0.3) is 0 Å². The number of hydrogen-bond donors (Lipinski definition) is 1. The molecule has 0 aromatic heterocycles. The quantitative estimate of drug-likeness (QED) is 0.872. The molecule has 2 N–H and O–H groups in total. The molecule has 0 spiro atoms. The van der Waals surface area contributed by atoms with E-state index in [1.54, 1.807) is 4.90 Å². The number of ether oxygens (including phenoxy) is 1. The molecule has 4 nitrogen and oxygen atoms in total. The molecule has 1 aliphatic heterocycles. The second kappa shape index (κ2) is 5.72. The Morgan fingerprint density at radius 1 is 1.38 bits per heavy atom. The summed E-state index contributed by atoms with van der Waals surface area (Å²) in [5, 5.41) is 0. The Balaban J connectivity index is 0.00000128. The van der Waals surface area contributed by atoms with Crippen molar-refractivity contribution in [2.24, 2.45) is 5.73 Å². The average molecular weight is 243 g/mol. The molecule has 1 saturated heterocycles. The number of halogens is 1. The van der Waals surface area contributed by atoms with Crippen LogP contribution in [0.5, 0.6) is 0 Å². The highest BCUT2D eigenvalue weighted by Gasteiger charge is 2.29. The summed E-state index contributed by atoms with van der Waals surface area (Å²) < 4.78 is 5.06. The highest BCUT2D eigenvalue weighted by Crippen LogP contribution is 2.14. The third-order valence-corrected chi connectivity index (χ3v) is 2.43. The van der Waals surface area contributed by atoms with Crippen LogP contribution in [0, 0.1) is 0 Å². The number of benzene rings is 1. The van der Waals surface area contributed by atoms with E-state index in [0.29, 0.717) is 19.6 Å². The molecule has 0 bridgehead atoms. The maximum absolute atomic E-state index is 11.4. The molecule has 1 aromatic rings. The number of nitrogens with zero attached hydrogens (tertiary/aromatic N) is 1. The second-order valence-electron chi connectivity index (χ2n) is 3.61. The van der Waals surface area contributed by atoms with Crippen LogP contribution >= 0.6 is 12.4 Å². The zero-order valence-electron chi connectivity index (χ0n) is 8.83. The Bertz CT molecular complexity index is 345. The summed E-state index contributed by atoms with van der Waals surface area (Å²) in [4.78, 5) is 13.1. The van der Waals surface area contributed by atoms with Crippen molar-refractivity contribution in [2.45, 2.75) is 12.6 Å². The maximum atomic E-state index is 11.4. The van der Waals surface area contributed by atoms with Gasteiger partial charge in [0, 0.05) is 13.1 Å². The van der Waals surface area contributed by atoms with E-state index in [1.807, 2.05) is 30.3 Å². The van der Waals surface area contributed by atoms with E-state index < -0.39 is 0 Å². The standard InChI is InChI=1S/C11H14N2O2.ClH/c12-6-10-8-13(11(14)15-10)7-9-4-2-1-3-5-9;/h1-5,10H,6-8,12H2;1H. The average Bonchev–Trinajstić information content (AvgIpc) is 2.61. The largest absolute Gasteiger partial charge is 0.443 e. The number of cyclic esters (lactones) is 1. The van der Waals surface area contributed by atoms with Crippen LogP contribution in [0.2, 0.25) is 0 Å². The predicted octanol–water partition coefficient (Wildman–Crippen LogP) is 1.39. The first-order chi connectivity index (χ1) is 7.29. The fourth-order valence-electron chi connectivity index (χ4n) is 1.63. The molecular weight excluding hydrogens is 228 g/mol. The first-order valence-corrected chi connectivity index (χ1v) is 4.99. The van der Waals surface area contributed by atoms with Crippen LogP contribution in [0.1, 0.15) is 5.56 Å². The van der Waals surface area contributed by atoms with Gasteiger partial charge in [0.15, 0.2) is 0 Å². The van der Waals surface area contributed by atoms with Crippen LogP contribution < -0.4 is 5.73 Å². The Morgan fingerprint density at radius 3 is 2.62 bits per heavy atom. The van der Waals surface area contributed by atoms with Gasteiger partial charge in [-0.15, -0.1) is 12.4 Å². The second-order valence-corrected chi connectivity index (χ2v) is 3.61. The first kappa shape index (κ1) is 12.8. The fraction of sp³-hybridized carbons (Fsp3) is 0.364. The predicted molar refractivity (Wildman–Crippen MR) is 63.4 cm³/mol. The van der Waals surface area contributed by atoms with E-state index in [2.05, 4.69) is 0 Å². The van der Waals surface area contributed by atoms with Crippen molar-refractivity contribution in [3.05, 3.63) is 35.9 Å². The zero-order chi connectivity index (χ0) is 10.7. The third kappa shape index (κ3) is 2.87. The minimum Gasteiger partial charge on any atom is -0.443 e. The molecule has 0 radical (unpaired) electrons. The van der Waals surface area contributed by atoms with E-state index in [1.165, 1.54) is 0 Å². The molecule has 16 heavy (non-hydrogen) atoms. The summed E-state index contributed by atoms with van der Waals surface area (Å²) in [6, 6.07) is 9.84. The van der Waals surface area contributed by atoms with Crippen LogP contribution in [0.15, 0.2) is 30.3 Å². The number of amides is 1. The Kier molecular flexibility index (Phi) is 4.58. The van der Waals surface area contributed by atoms with Crippen molar-refractivity contribution in [2.75, 3.05) is 13.1 Å². The molecule has 2 rings (SSSR count). The highest BCUT2D eigenvalue weighted by molar-refractivity contribution is 5.85. The van der Waals surface area contributed by atoms with Crippen molar-refractivity contribution in [1.29, 1.82) is 0 Å². The molecule has 0 saturated carbocycles. The van der Waals surface area contributed by atoms with Gasteiger partial charge in [-0.1, -0.05) is 30.3 Å². The normalized spacial score (nSPS) is 19.2. The molecule has 1 aliphatic rings. The molecule has 88 valence electrons. The number of nitrogens with two attached hydrogens (primary N) is 1. The Hall–Kier alpha value is -1.26. The Morgan fingerprint density at radius 2 is 2.06 bits per heavy atom. The van der Waals surface area contributed by atoms with Crippen LogP contribution in [0.4, 0.5) is 4.79 Å². The van der Waals surface area contributed by atoms with Crippen molar-refractivity contribution in [1.82, 2.24) is 4.90 Å². The summed E-state index contributed by atoms with van der Waals surface area (Å²) in [5.74, 6) is 0. The van der Waals surface area contributed by atoms with E-state index >= 15 is 0 Å². The van der Waals surface area contributed by atoms with Gasteiger partial charge in [-0.2, -0.15) is 0 Å².